The number of urea groups is 1. The first-order valence-corrected chi connectivity index (χ1v) is 9.07. The highest BCUT2D eigenvalue weighted by molar-refractivity contribution is 5.92. The summed E-state index contributed by atoms with van der Waals surface area (Å²) in [7, 11) is 0. The summed E-state index contributed by atoms with van der Waals surface area (Å²) in [5.41, 5.74) is 3.11. The molecule has 0 bridgehead atoms. The number of nitrogens with one attached hydrogen (secondary N) is 2. The molecule has 27 heavy (non-hydrogen) atoms. The Balaban J connectivity index is 2.01. The molecule has 0 fully saturated rings. The largest absolute Gasteiger partial charge is 0.326 e. The van der Waals surface area contributed by atoms with E-state index in [0.717, 1.165) is 23.2 Å². The molecule has 0 aliphatic heterocycles. The van der Waals surface area contributed by atoms with E-state index >= 15 is 0 Å². The Kier molecular flexibility index (Phi) is 7.34. The summed E-state index contributed by atoms with van der Waals surface area (Å²) in [5, 5.41) is 5.64. The van der Waals surface area contributed by atoms with Gasteiger partial charge in [0, 0.05) is 31.4 Å². The van der Waals surface area contributed by atoms with Crippen molar-refractivity contribution in [3.8, 4) is 0 Å². The number of anilines is 2. The number of nitrogens with zero attached hydrogens (tertiary/aromatic N) is 1. The van der Waals surface area contributed by atoms with Gasteiger partial charge < -0.3 is 15.5 Å². The van der Waals surface area contributed by atoms with Crippen molar-refractivity contribution in [1.29, 1.82) is 0 Å². The van der Waals surface area contributed by atoms with Gasteiger partial charge in [0.15, 0.2) is 0 Å². The third-order valence-electron chi connectivity index (χ3n) is 4.13. The molecule has 2 rings (SSSR count). The second-order valence-electron chi connectivity index (χ2n) is 6.51. The van der Waals surface area contributed by atoms with E-state index < -0.39 is 0 Å². The first kappa shape index (κ1) is 20.4. The molecule has 2 N–H and O–H groups in total. The maximum Gasteiger partial charge on any atom is 0.321 e. The van der Waals surface area contributed by atoms with Crippen LogP contribution in [0, 0.1) is 12.7 Å². The molecule has 5 nitrogen and oxygen atoms in total. The second-order valence-corrected chi connectivity index (χ2v) is 6.51. The highest BCUT2D eigenvalue weighted by atomic mass is 19.1. The van der Waals surface area contributed by atoms with Crippen LogP contribution in [-0.4, -0.2) is 29.9 Å². The maximum absolute atomic E-state index is 13.3. The maximum atomic E-state index is 13.3. The van der Waals surface area contributed by atoms with E-state index in [2.05, 4.69) is 10.6 Å². The van der Waals surface area contributed by atoms with Crippen LogP contribution in [0.25, 0.3) is 0 Å². The van der Waals surface area contributed by atoms with Crippen LogP contribution in [0.5, 0.6) is 0 Å². The quantitative estimate of drug-likeness (QED) is 0.748. The number of rotatable bonds is 7. The van der Waals surface area contributed by atoms with E-state index in [1.165, 1.54) is 19.1 Å². The zero-order chi connectivity index (χ0) is 19.8. The third kappa shape index (κ3) is 6.40. The van der Waals surface area contributed by atoms with Gasteiger partial charge in [0.1, 0.15) is 5.82 Å². The summed E-state index contributed by atoms with van der Waals surface area (Å²) in [5.74, 6) is -0.407. The van der Waals surface area contributed by atoms with E-state index in [1.54, 1.807) is 23.1 Å². The molecule has 2 aromatic carbocycles. The van der Waals surface area contributed by atoms with Gasteiger partial charge >= 0.3 is 6.03 Å². The Morgan fingerprint density at radius 1 is 1.07 bits per heavy atom. The monoisotopic (exact) mass is 371 g/mol. The van der Waals surface area contributed by atoms with Gasteiger partial charge in [-0.2, -0.15) is 0 Å². The first-order chi connectivity index (χ1) is 12.9. The van der Waals surface area contributed by atoms with Crippen molar-refractivity contribution in [3.63, 3.8) is 0 Å². The third-order valence-corrected chi connectivity index (χ3v) is 4.13. The average molecular weight is 371 g/mol. The van der Waals surface area contributed by atoms with Gasteiger partial charge in [-0.3, -0.25) is 4.79 Å². The van der Waals surface area contributed by atoms with Crippen molar-refractivity contribution < 1.29 is 14.0 Å². The lowest BCUT2D eigenvalue weighted by atomic mass is 10.1. The molecule has 0 saturated carbocycles. The van der Waals surface area contributed by atoms with Crippen LogP contribution in [-0.2, 0) is 11.2 Å². The van der Waals surface area contributed by atoms with Gasteiger partial charge in [0.05, 0.1) is 0 Å². The SMILES string of the molecule is CCCN(CCc1cccc(F)c1)C(=O)Nc1ccc(NC(C)=O)c(C)c1. The van der Waals surface area contributed by atoms with Crippen molar-refractivity contribution in [2.45, 2.75) is 33.6 Å². The smallest absolute Gasteiger partial charge is 0.321 e. The van der Waals surface area contributed by atoms with E-state index in [4.69, 9.17) is 0 Å². The van der Waals surface area contributed by atoms with Crippen molar-refractivity contribution in [3.05, 3.63) is 59.4 Å². The molecule has 3 amide bonds. The van der Waals surface area contributed by atoms with Gasteiger partial charge in [-0.05, 0) is 61.2 Å². The summed E-state index contributed by atoms with van der Waals surface area (Å²) >= 11 is 0. The van der Waals surface area contributed by atoms with Crippen molar-refractivity contribution in [2.75, 3.05) is 23.7 Å². The highest BCUT2D eigenvalue weighted by Gasteiger charge is 2.13. The Morgan fingerprint density at radius 2 is 1.85 bits per heavy atom. The Hall–Kier alpha value is -2.89. The fourth-order valence-electron chi connectivity index (χ4n) is 2.82. The molecule has 0 saturated heterocycles. The zero-order valence-corrected chi connectivity index (χ0v) is 16.0. The average Bonchev–Trinajstić information content (AvgIpc) is 2.60. The van der Waals surface area contributed by atoms with Crippen molar-refractivity contribution >= 4 is 23.3 Å². The predicted molar refractivity (Wildman–Crippen MR) is 106 cm³/mol. The van der Waals surface area contributed by atoms with Crippen LogP contribution >= 0.6 is 0 Å². The molecule has 0 aromatic heterocycles. The lowest BCUT2D eigenvalue weighted by molar-refractivity contribution is -0.114. The number of carbonyl (C=O) groups is 2. The molecule has 0 atom stereocenters. The standard InChI is InChI=1S/C21H26FN3O2/c1-4-11-25(12-10-17-6-5-7-18(22)14-17)21(27)24-19-8-9-20(15(2)13-19)23-16(3)26/h5-9,13-14H,4,10-12H2,1-3H3,(H,23,26)(H,24,27). The molecule has 0 spiro atoms. The fraction of sp³-hybridized carbons (Fsp3) is 0.333. The Bertz CT molecular complexity index is 808. The minimum absolute atomic E-state index is 0.138. The summed E-state index contributed by atoms with van der Waals surface area (Å²) in [6, 6.07) is 11.6. The van der Waals surface area contributed by atoms with Crippen LogP contribution in [0.4, 0.5) is 20.6 Å². The topological polar surface area (TPSA) is 61.4 Å². The highest BCUT2D eigenvalue weighted by Crippen LogP contribution is 2.20. The van der Waals surface area contributed by atoms with E-state index in [0.29, 0.717) is 25.2 Å². The molecule has 144 valence electrons. The number of hydrogen-bond acceptors (Lipinski definition) is 2. The summed E-state index contributed by atoms with van der Waals surface area (Å²) in [6.07, 6.45) is 1.42. The predicted octanol–water partition coefficient (Wildman–Crippen LogP) is 4.58. The van der Waals surface area contributed by atoms with Gasteiger partial charge in [-0.25, -0.2) is 9.18 Å². The zero-order valence-electron chi connectivity index (χ0n) is 16.0. The summed E-state index contributed by atoms with van der Waals surface area (Å²) < 4.78 is 13.3. The van der Waals surface area contributed by atoms with Gasteiger partial charge in [-0.15, -0.1) is 0 Å². The second kappa shape index (κ2) is 9.71. The molecule has 0 unspecified atom stereocenters. The Labute approximate surface area is 159 Å². The van der Waals surface area contributed by atoms with Crippen molar-refractivity contribution in [2.24, 2.45) is 0 Å². The summed E-state index contributed by atoms with van der Waals surface area (Å²) in [4.78, 5) is 25.5. The van der Waals surface area contributed by atoms with Crippen LogP contribution in [0.1, 0.15) is 31.4 Å². The molecule has 0 aliphatic carbocycles. The fourth-order valence-corrected chi connectivity index (χ4v) is 2.82. The molecule has 2 aromatic rings. The minimum Gasteiger partial charge on any atom is -0.326 e. The minimum atomic E-state index is -0.270. The Morgan fingerprint density at radius 3 is 2.48 bits per heavy atom. The molecule has 0 aliphatic rings. The number of hydrogen-bond donors (Lipinski definition) is 2. The van der Waals surface area contributed by atoms with Gasteiger partial charge in [0.25, 0.3) is 0 Å². The van der Waals surface area contributed by atoms with Crippen LogP contribution in [0.15, 0.2) is 42.5 Å². The lowest BCUT2D eigenvalue weighted by Crippen LogP contribution is -2.37. The van der Waals surface area contributed by atoms with E-state index in [-0.39, 0.29) is 17.8 Å². The molecule has 6 heteroatoms. The number of benzene rings is 2. The number of aryl methyl sites for hydroxylation is 1. The number of carbonyl (C=O) groups excluding carboxylic acids is 2. The van der Waals surface area contributed by atoms with E-state index in [1.807, 2.05) is 26.0 Å². The number of amides is 3. The molecule has 0 heterocycles. The van der Waals surface area contributed by atoms with Crippen LogP contribution in [0.3, 0.4) is 0 Å². The molecular weight excluding hydrogens is 345 g/mol. The van der Waals surface area contributed by atoms with Gasteiger partial charge in [0.2, 0.25) is 5.91 Å². The van der Waals surface area contributed by atoms with Crippen LogP contribution < -0.4 is 10.6 Å². The van der Waals surface area contributed by atoms with Crippen LogP contribution in [0.2, 0.25) is 0 Å². The summed E-state index contributed by atoms with van der Waals surface area (Å²) in [6.45, 7) is 6.45. The lowest BCUT2D eigenvalue weighted by Gasteiger charge is -2.23. The normalized spacial score (nSPS) is 10.4. The van der Waals surface area contributed by atoms with E-state index in [9.17, 15) is 14.0 Å². The first-order valence-electron chi connectivity index (χ1n) is 9.07. The van der Waals surface area contributed by atoms with Gasteiger partial charge in [-0.1, -0.05) is 19.1 Å². The number of halogens is 1. The molecule has 0 radical (unpaired) electrons. The molecular formula is C21H26FN3O2. The van der Waals surface area contributed by atoms with Crippen molar-refractivity contribution in [1.82, 2.24) is 4.90 Å².